The molecule has 4 aromatic rings. The van der Waals surface area contributed by atoms with Crippen LogP contribution in [-0.4, -0.2) is 16.2 Å². The first-order valence-electron chi connectivity index (χ1n) is 10.6. The maximum atomic E-state index is 14.1. The number of nitrogens with zero attached hydrogens (tertiary/aromatic N) is 3. The van der Waals surface area contributed by atoms with Crippen LogP contribution in [0.4, 0.5) is 14.9 Å². The molecule has 0 aliphatic carbocycles. The second-order valence-corrected chi connectivity index (χ2v) is 8.64. The van der Waals surface area contributed by atoms with Crippen LogP contribution in [0.15, 0.2) is 76.3 Å². The molecule has 33 heavy (non-hydrogen) atoms. The smallest absolute Gasteiger partial charge is 0.326 e. The number of rotatable bonds is 5. The van der Waals surface area contributed by atoms with Crippen LogP contribution < -0.4 is 10.2 Å². The first kappa shape index (κ1) is 21.1. The van der Waals surface area contributed by atoms with Gasteiger partial charge in [0.15, 0.2) is 0 Å². The molecule has 1 atom stereocenters. The number of nitrogens with one attached hydrogen (secondary N) is 1. The minimum Gasteiger partial charge on any atom is -0.334 e. The Balaban J connectivity index is 1.65. The van der Waals surface area contributed by atoms with E-state index in [9.17, 15) is 9.18 Å². The fourth-order valence-corrected chi connectivity index (χ4v) is 4.64. The molecular weight excluding hydrogens is 439 g/mol. The summed E-state index contributed by atoms with van der Waals surface area (Å²) in [6, 6.07) is 16.8. The monoisotopic (exact) mass is 460 g/mol. The van der Waals surface area contributed by atoms with Crippen LogP contribution in [-0.2, 0) is 6.42 Å². The fourth-order valence-electron chi connectivity index (χ4n) is 3.99. The van der Waals surface area contributed by atoms with Gasteiger partial charge < -0.3 is 9.84 Å². The van der Waals surface area contributed by atoms with Crippen molar-refractivity contribution in [2.24, 2.45) is 0 Å². The van der Waals surface area contributed by atoms with Crippen LogP contribution in [0.2, 0.25) is 0 Å². The number of allylic oxidation sites excluding steroid dienone is 1. The molecule has 166 valence electrons. The van der Waals surface area contributed by atoms with Crippen molar-refractivity contribution in [2.45, 2.75) is 26.3 Å². The Kier molecular flexibility index (Phi) is 5.51. The van der Waals surface area contributed by atoms with Crippen LogP contribution in [0.5, 0.6) is 0 Å². The minimum atomic E-state index is -0.643. The summed E-state index contributed by atoms with van der Waals surface area (Å²) in [6.45, 7) is 3.92. The lowest BCUT2D eigenvalue weighted by molar-refractivity contribution is 0.244. The molecule has 5 rings (SSSR count). The van der Waals surface area contributed by atoms with Gasteiger partial charge in [-0.05, 0) is 60.2 Å². The standard InChI is InChI=1S/C25H21FN4O2S/c1-3-16-9-11-19(12-10-16)30-15(2)21(24-28-23(29-32-24)20-8-5-13-33-20)22(27-25(30)31)17-6-4-7-18(26)14-17/h4-14,22H,3H2,1-2H3,(H,27,31). The summed E-state index contributed by atoms with van der Waals surface area (Å²) in [5.41, 5.74) is 3.74. The van der Waals surface area contributed by atoms with E-state index in [1.165, 1.54) is 29.0 Å². The van der Waals surface area contributed by atoms with Gasteiger partial charge in [0.05, 0.1) is 22.2 Å². The highest BCUT2D eigenvalue weighted by Crippen LogP contribution is 2.39. The molecule has 0 spiro atoms. The lowest BCUT2D eigenvalue weighted by Crippen LogP contribution is -2.46. The Morgan fingerprint density at radius 1 is 1.15 bits per heavy atom. The number of aromatic nitrogens is 2. The van der Waals surface area contributed by atoms with E-state index in [1.54, 1.807) is 17.0 Å². The average molecular weight is 461 g/mol. The van der Waals surface area contributed by atoms with Crippen molar-refractivity contribution in [2.75, 3.05) is 4.90 Å². The predicted molar refractivity (Wildman–Crippen MR) is 126 cm³/mol. The van der Waals surface area contributed by atoms with E-state index < -0.39 is 6.04 Å². The first-order valence-corrected chi connectivity index (χ1v) is 11.5. The Bertz CT molecular complexity index is 1330. The van der Waals surface area contributed by atoms with Gasteiger partial charge in [0.1, 0.15) is 5.82 Å². The van der Waals surface area contributed by atoms with Crippen LogP contribution >= 0.6 is 11.3 Å². The highest BCUT2D eigenvalue weighted by molar-refractivity contribution is 7.13. The first-order chi connectivity index (χ1) is 16.0. The average Bonchev–Trinajstić information content (AvgIpc) is 3.51. The van der Waals surface area contributed by atoms with E-state index in [2.05, 4.69) is 22.4 Å². The van der Waals surface area contributed by atoms with E-state index in [-0.39, 0.29) is 17.7 Å². The maximum absolute atomic E-state index is 14.1. The number of anilines is 1. The third-order valence-corrected chi connectivity index (χ3v) is 6.53. The van der Waals surface area contributed by atoms with Gasteiger partial charge in [-0.2, -0.15) is 4.98 Å². The summed E-state index contributed by atoms with van der Waals surface area (Å²) < 4.78 is 19.7. The molecule has 2 aromatic heterocycles. The second kappa shape index (κ2) is 8.63. The zero-order valence-corrected chi connectivity index (χ0v) is 18.9. The number of carbonyl (C=O) groups excluding carboxylic acids is 1. The van der Waals surface area contributed by atoms with E-state index >= 15 is 0 Å². The van der Waals surface area contributed by atoms with Crippen molar-refractivity contribution in [1.82, 2.24) is 15.5 Å². The minimum absolute atomic E-state index is 0.278. The zero-order valence-electron chi connectivity index (χ0n) is 18.1. The largest absolute Gasteiger partial charge is 0.334 e. The molecule has 8 heteroatoms. The maximum Gasteiger partial charge on any atom is 0.326 e. The van der Waals surface area contributed by atoms with Gasteiger partial charge in [0.2, 0.25) is 5.82 Å². The Hall–Kier alpha value is -3.78. The van der Waals surface area contributed by atoms with Gasteiger partial charge in [-0.25, -0.2) is 9.18 Å². The number of carbonyl (C=O) groups is 1. The molecule has 6 nitrogen and oxygen atoms in total. The van der Waals surface area contributed by atoms with Crippen molar-refractivity contribution >= 4 is 28.6 Å². The molecule has 0 fully saturated rings. The van der Waals surface area contributed by atoms with E-state index in [0.717, 1.165) is 17.0 Å². The molecule has 3 heterocycles. The number of thiophene rings is 1. The van der Waals surface area contributed by atoms with E-state index in [0.29, 0.717) is 22.7 Å². The Morgan fingerprint density at radius 3 is 2.67 bits per heavy atom. The number of urea groups is 1. The SMILES string of the molecule is CCc1ccc(N2C(=O)NC(c3cccc(F)c3)C(c3nc(-c4cccs4)no3)=C2C)cc1. The molecule has 0 saturated carbocycles. The molecule has 0 saturated heterocycles. The van der Waals surface area contributed by atoms with Crippen LogP contribution in [0.3, 0.4) is 0 Å². The topological polar surface area (TPSA) is 71.3 Å². The lowest BCUT2D eigenvalue weighted by atomic mass is 9.94. The molecule has 0 radical (unpaired) electrons. The van der Waals surface area contributed by atoms with Crippen molar-refractivity contribution in [3.05, 3.63) is 94.6 Å². The Labute approximate surface area is 194 Å². The summed E-state index contributed by atoms with van der Waals surface area (Å²) in [6.07, 6.45) is 0.904. The highest BCUT2D eigenvalue weighted by Gasteiger charge is 2.36. The summed E-state index contributed by atoms with van der Waals surface area (Å²) in [4.78, 5) is 20.3. The number of aryl methyl sites for hydroxylation is 1. The van der Waals surface area contributed by atoms with E-state index in [4.69, 9.17) is 4.52 Å². The van der Waals surface area contributed by atoms with Crippen LogP contribution in [0.1, 0.15) is 36.9 Å². The van der Waals surface area contributed by atoms with Crippen molar-refractivity contribution < 1.29 is 13.7 Å². The fraction of sp³-hybridized carbons (Fsp3) is 0.160. The van der Waals surface area contributed by atoms with Crippen molar-refractivity contribution in [3.8, 4) is 10.7 Å². The third kappa shape index (κ3) is 3.93. The molecule has 1 aliphatic rings. The normalized spacial score (nSPS) is 16.3. The van der Waals surface area contributed by atoms with Gasteiger partial charge in [-0.3, -0.25) is 4.90 Å². The summed E-state index contributed by atoms with van der Waals surface area (Å²) >= 11 is 1.51. The summed E-state index contributed by atoms with van der Waals surface area (Å²) in [5.74, 6) is 0.357. The molecule has 1 unspecified atom stereocenters. The molecule has 2 aromatic carbocycles. The molecule has 2 amide bonds. The van der Waals surface area contributed by atoms with Gasteiger partial charge in [-0.15, -0.1) is 11.3 Å². The Morgan fingerprint density at radius 2 is 1.97 bits per heavy atom. The number of halogens is 1. The quantitative estimate of drug-likeness (QED) is 0.385. The zero-order chi connectivity index (χ0) is 22.9. The van der Waals surface area contributed by atoms with E-state index in [1.807, 2.05) is 48.7 Å². The van der Waals surface area contributed by atoms with Gasteiger partial charge in [0.25, 0.3) is 5.89 Å². The number of benzene rings is 2. The molecule has 1 N–H and O–H groups in total. The number of hydrogen-bond donors (Lipinski definition) is 1. The van der Waals surface area contributed by atoms with Crippen molar-refractivity contribution in [1.29, 1.82) is 0 Å². The van der Waals surface area contributed by atoms with Crippen molar-refractivity contribution in [3.63, 3.8) is 0 Å². The number of amides is 2. The molecule has 1 aliphatic heterocycles. The lowest BCUT2D eigenvalue weighted by Gasteiger charge is -2.35. The van der Waals surface area contributed by atoms with Crippen LogP contribution in [0, 0.1) is 5.82 Å². The highest BCUT2D eigenvalue weighted by atomic mass is 32.1. The van der Waals surface area contributed by atoms with Gasteiger partial charge in [-0.1, -0.05) is 42.4 Å². The molecular formula is C25H21FN4O2S. The summed E-state index contributed by atoms with van der Waals surface area (Å²) in [7, 11) is 0. The number of hydrogen-bond acceptors (Lipinski definition) is 5. The van der Waals surface area contributed by atoms with Crippen LogP contribution in [0.25, 0.3) is 16.3 Å². The van der Waals surface area contributed by atoms with Gasteiger partial charge in [0, 0.05) is 5.70 Å². The van der Waals surface area contributed by atoms with Gasteiger partial charge >= 0.3 is 6.03 Å². The third-order valence-electron chi connectivity index (χ3n) is 5.67. The summed E-state index contributed by atoms with van der Waals surface area (Å²) in [5, 5.41) is 9.07. The second-order valence-electron chi connectivity index (χ2n) is 7.69. The predicted octanol–water partition coefficient (Wildman–Crippen LogP) is 6.20. The molecule has 0 bridgehead atoms.